The number of rotatable bonds is 34. The number of carbonyl (C=O) groups excluding carboxylic acids is 2. The van der Waals surface area contributed by atoms with E-state index in [2.05, 4.69) is 27.7 Å². The Morgan fingerprint density at radius 3 is 1.24 bits per heavy atom. The Kier molecular flexibility index (Phi) is 29.5. The normalized spacial score (nSPS) is 18.4. The number of hydrogen-bond donors (Lipinski definition) is 2. The predicted molar refractivity (Wildman–Crippen MR) is 202 cm³/mol. The highest BCUT2D eigenvalue weighted by molar-refractivity contribution is 5.70. The second-order valence-electron chi connectivity index (χ2n) is 15.9. The molecule has 1 aliphatic rings. The van der Waals surface area contributed by atoms with Crippen LogP contribution in [0.3, 0.4) is 0 Å². The maximum atomic E-state index is 12.6. The highest BCUT2D eigenvalue weighted by atomic mass is 16.6. The Morgan fingerprint density at radius 2 is 0.898 bits per heavy atom. The van der Waals surface area contributed by atoms with E-state index in [1.807, 2.05) is 0 Å². The number of carbonyl (C=O) groups is 2. The van der Waals surface area contributed by atoms with Gasteiger partial charge in [0, 0.05) is 12.8 Å². The molecule has 0 aromatic rings. The van der Waals surface area contributed by atoms with Crippen LogP contribution in [0.15, 0.2) is 0 Å². The Morgan fingerprint density at radius 1 is 0.551 bits per heavy atom. The molecule has 4 atom stereocenters. The van der Waals surface area contributed by atoms with Crippen LogP contribution in [-0.2, 0) is 23.8 Å². The molecule has 0 aliphatic carbocycles. The minimum absolute atomic E-state index is 0.0371. The van der Waals surface area contributed by atoms with Gasteiger partial charge in [-0.1, -0.05) is 182 Å². The zero-order valence-electron chi connectivity index (χ0n) is 32.6. The van der Waals surface area contributed by atoms with E-state index < -0.39 is 24.4 Å². The summed E-state index contributed by atoms with van der Waals surface area (Å²) in [5, 5.41) is 20.3. The third kappa shape index (κ3) is 27.2. The van der Waals surface area contributed by atoms with Crippen LogP contribution in [0.4, 0.5) is 0 Å². The van der Waals surface area contributed by atoms with Crippen molar-refractivity contribution in [2.75, 3.05) is 13.2 Å². The van der Waals surface area contributed by atoms with Crippen molar-refractivity contribution in [3.8, 4) is 0 Å². The van der Waals surface area contributed by atoms with Gasteiger partial charge in [0.15, 0.2) is 6.10 Å². The van der Waals surface area contributed by atoms with E-state index in [1.165, 1.54) is 128 Å². The topological polar surface area (TPSA) is 102 Å². The first kappa shape index (κ1) is 45.8. The molecular formula is C42H80O7. The van der Waals surface area contributed by atoms with Gasteiger partial charge in [-0.15, -0.1) is 0 Å². The summed E-state index contributed by atoms with van der Waals surface area (Å²) < 4.78 is 16.6. The van der Waals surface area contributed by atoms with Crippen molar-refractivity contribution in [2.24, 2.45) is 11.8 Å². The lowest BCUT2D eigenvalue weighted by Gasteiger charge is -2.25. The van der Waals surface area contributed by atoms with E-state index in [0.29, 0.717) is 6.42 Å². The van der Waals surface area contributed by atoms with Gasteiger partial charge in [0.1, 0.15) is 24.9 Å². The van der Waals surface area contributed by atoms with Crippen molar-refractivity contribution in [2.45, 2.75) is 232 Å². The highest BCUT2D eigenvalue weighted by Gasteiger charge is 2.42. The first-order valence-electron chi connectivity index (χ1n) is 21.0. The predicted octanol–water partition coefficient (Wildman–Crippen LogP) is 10.8. The molecule has 7 nitrogen and oxygen atoms in total. The Balaban J connectivity index is 2.11. The van der Waals surface area contributed by atoms with Gasteiger partial charge in [0.05, 0.1) is 6.61 Å². The molecule has 0 amide bonds. The Labute approximate surface area is 302 Å². The van der Waals surface area contributed by atoms with Crippen LogP contribution in [0, 0.1) is 11.8 Å². The second kappa shape index (κ2) is 31.5. The van der Waals surface area contributed by atoms with Crippen molar-refractivity contribution < 1.29 is 34.0 Å². The highest BCUT2D eigenvalue weighted by Crippen LogP contribution is 2.22. The summed E-state index contributed by atoms with van der Waals surface area (Å²) >= 11 is 0. The van der Waals surface area contributed by atoms with Gasteiger partial charge in [0.25, 0.3) is 0 Å². The molecule has 0 aromatic heterocycles. The molecule has 1 rings (SSSR count). The first-order chi connectivity index (χ1) is 23.7. The molecule has 7 heteroatoms. The molecule has 290 valence electrons. The lowest BCUT2D eigenvalue weighted by Crippen LogP contribution is -2.44. The van der Waals surface area contributed by atoms with E-state index >= 15 is 0 Å². The minimum atomic E-state index is -1.18. The van der Waals surface area contributed by atoms with Crippen molar-refractivity contribution >= 4 is 11.9 Å². The van der Waals surface area contributed by atoms with Gasteiger partial charge in [-0.05, 0) is 24.7 Å². The summed E-state index contributed by atoms with van der Waals surface area (Å²) in [7, 11) is 0. The Hall–Kier alpha value is -1.18. The maximum Gasteiger partial charge on any atom is 0.306 e. The molecule has 1 heterocycles. The average Bonchev–Trinajstić information content (AvgIpc) is 3.40. The van der Waals surface area contributed by atoms with Crippen LogP contribution >= 0.6 is 0 Å². The summed E-state index contributed by atoms with van der Waals surface area (Å²) in [5.74, 6) is 0.944. The number of esters is 2. The van der Waals surface area contributed by atoms with Gasteiger partial charge < -0.3 is 24.4 Å². The van der Waals surface area contributed by atoms with Crippen LogP contribution < -0.4 is 0 Å². The van der Waals surface area contributed by atoms with Gasteiger partial charge in [-0.25, -0.2) is 0 Å². The van der Waals surface area contributed by atoms with Crippen molar-refractivity contribution in [3.63, 3.8) is 0 Å². The van der Waals surface area contributed by atoms with E-state index in [-0.39, 0.29) is 31.6 Å². The second-order valence-corrected chi connectivity index (χ2v) is 15.9. The summed E-state index contributed by atoms with van der Waals surface area (Å²) in [6.07, 6.45) is 28.8. The van der Waals surface area contributed by atoms with Gasteiger partial charge in [0.2, 0.25) is 0 Å². The van der Waals surface area contributed by atoms with Gasteiger partial charge in [-0.3, -0.25) is 9.59 Å². The van der Waals surface area contributed by atoms with E-state index in [4.69, 9.17) is 14.2 Å². The zero-order valence-corrected chi connectivity index (χ0v) is 32.6. The van der Waals surface area contributed by atoms with E-state index in [1.54, 1.807) is 0 Å². The van der Waals surface area contributed by atoms with E-state index in [9.17, 15) is 19.8 Å². The monoisotopic (exact) mass is 697 g/mol. The maximum absolute atomic E-state index is 12.6. The molecule has 0 unspecified atom stereocenters. The summed E-state index contributed by atoms with van der Waals surface area (Å²) in [4.78, 5) is 25.1. The van der Waals surface area contributed by atoms with Crippen molar-refractivity contribution in [3.05, 3.63) is 0 Å². The Bertz CT molecular complexity index is 770. The van der Waals surface area contributed by atoms with Crippen molar-refractivity contribution in [1.29, 1.82) is 0 Å². The quantitative estimate of drug-likeness (QED) is 0.0510. The first-order valence-corrected chi connectivity index (χ1v) is 21.0. The van der Waals surface area contributed by atoms with Gasteiger partial charge in [-0.2, -0.15) is 0 Å². The summed E-state index contributed by atoms with van der Waals surface area (Å²) in [6, 6.07) is 0. The summed E-state index contributed by atoms with van der Waals surface area (Å²) in [6.45, 7) is 9.00. The molecule has 1 aliphatic heterocycles. The molecule has 49 heavy (non-hydrogen) atoms. The smallest absolute Gasteiger partial charge is 0.306 e. The lowest BCUT2D eigenvalue weighted by atomic mass is 10.0. The summed E-state index contributed by atoms with van der Waals surface area (Å²) in [5.41, 5.74) is 0. The minimum Gasteiger partial charge on any atom is -0.462 e. The molecule has 0 aromatic carbocycles. The fraction of sp³-hybridized carbons (Fsp3) is 0.952. The third-order valence-electron chi connectivity index (χ3n) is 10.1. The van der Waals surface area contributed by atoms with Crippen LogP contribution in [0.25, 0.3) is 0 Å². The van der Waals surface area contributed by atoms with Crippen LogP contribution in [0.1, 0.15) is 207 Å². The number of unbranched alkanes of at least 4 members (excludes halogenated alkanes) is 22. The zero-order chi connectivity index (χ0) is 36.0. The fourth-order valence-electron chi connectivity index (χ4n) is 6.80. The molecule has 0 radical (unpaired) electrons. The molecular weight excluding hydrogens is 616 g/mol. The molecule has 0 spiro atoms. The van der Waals surface area contributed by atoms with Crippen LogP contribution in [0.2, 0.25) is 0 Å². The third-order valence-corrected chi connectivity index (χ3v) is 10.1. The largest absolute Gasteiger partial charge is 0.462 e. The van der Waals surface area contributed by atoms with E-state index in [0.717, 1.165) is 50.4 Å². The number of aliphatic hydroxyl groups is 2. The molecule has 0 saturated carbocycles. The molecule has 0 bridgehead atoms. The average molecular weight is 697 g/mol. The fourth-order valence-corrected chi connectivity index (χ4v) is 6.80. The van der Waals surface area contributed by atoms with Crippen LogP contribution in [0.5, 0.6) is 0 Å². The number of aliphatic hydroxyl groups excluding tert-OH is 2. The SMILES string of the molecule is CC(C)CCCCCCCCCCCCCCC(=O)OC[C@H](OC(=O)CCCCCCCCCCCCCCC(C)C)[C@@H]1OC[C@H](O)[C@@H]1O. The molecule has 1 fully saturated rings. The standard InChI is InChI=1S/C42H80O7/c1-35(2)29-25-21-17-13-9-5-7-11-15-19-23-27-31-39(44)47-34-38(42-41(46)37(43)33-48-42)49-40(45)32-28-24-20-16-12-8-6-10-14-18-22-26-30-36(3)4/h35-38,41-43,46H,5-34H2,1-4H3/t37-,38-,41-,42-/m0/s1. The van der Waals surface area contributed by atoms with Crippen molar-refractivity contribution in [1.82, 2.24) is 0 Å². The molecule has 2 N–H and O–H groups in total. The lowest BCUT2D eigenvalue weighted by molar-refractivity contribution is -0.170. The van der Waals surface area contributed by atoms with Crippen LogP contribution in [-0.4, -0.2) is 59.8 Å². The van der Waals surface area contributed by atoms with Gasteiger partial charge >= 0.3 is 11.9 Å². The molecule has 1 saturated heterocycles. The number of ether oxygens (including phenoxy) is 3. The number of hydrogen-bond acceptors (Lipinski definition) is 7.